The van der Waals surface area contributed by atoms with Gasteiger partial charge in [-0.05, 0) is 37.1 Å². The van der Waals surface area contributed by atoms with Crippen LogP contribution >= 0.6 is 11.3 Å². The predicted molar refractivity (Wildman–Crippen MR) is 129 cm³/mol. The number of ether oxygens (including phenoxy) is 2. The van der Waals surface area contributed by atoms with Crippen molar-refractivity contribution in [1.82, 2.24) is 9.97 Å². The van der Waals surface area contributed by atoms with E-state index in [1.54, 1.807) is 25.4 Å². The molecule has 5 rings (SSSR count). The standard InChI is InChI=1S/C23H27N5O4S/c1-31-18-3-2-17(27-10-12-32-13-11-27)21-20(18)25-23(33-21)26-22(30)15-4-7-24-19(14-15)28-8-5-16(29)6-9-28/h2-4,7,14,16,29H,5-6,8-13H2,1H3,(H,25,26,30). The van der Waals surface area contributed by atoms with Crippen molar-refractivity contribution in [1.29, 1.82) is 0 Å². The van der Waals surface area contributed by atoms with Crippen molar-refractivity contribution in [3.05, 3.63) is 36.0 Å². The first kappa shape index (κ1) is 21.9. The van der Waals surface area contributed by atoms with E-state index in [2.05, 4.69) is 25.1 Å². The van der Waals surface area contributed by atoms with Crippen LogP contribution in [0.1, 0.15) is 23.2 Å². The fourth-order valence-electron chi connectivity index (χ4n) is 4.24. The lowest BCUT2D eigenvalue weighted by Gasteiger charge is -2.30. The summed E-state index contributed by atoms with van der Waals surface area (Å²) in [4.78, 5) is 26.5. The number of thiazole rings is 1. The first-order valence-electron chi connectivity index (χ1n) is 11.1. The minimum Gasteiger partial charge on any atom is -0.494 e. The van der Waals surface area contributed by atoms with Gasteiger partial charge in [0.2, 0.25) is 0 Å². The number of carbonyl (C=O) groups excluding carboxylic acids is 1. The van der Waals surface area contributed by atoms with E-state index in [9.17, 15) is 9.90 Å². The monoisotopic (exact) mass is 469 g/mol. The maximum absolute atomic E-state index is 13.0. The number of aromatic nitrogens is 2. The number of benzene rings is 1. The molecule has 10 heteroatoms. The van der Waals surface area contributed by atoms with E-state index < -0.39 is 0 Å². The van der Waals surface area contributed by atoms with Crippen molar-refractivity contribution < 1.29 is 19.4 Å². The Balaban J connectivity index is 1.39. The van der Waals surface area contributed by atoms with Crippen LogP contribution in [0.2, 0.25) is 0 Å². The molecule has 2 aromatic heterocycles. The molecule has 33 heavy (non-hydrogen) atoms. The highest BCUT2D eigenvalue weighted by atomic mass is 32.1. The number of hydrogen-bond donors (Lipinski definition) is 2. The number of methoxy groups -OCH3 is 1. The largest absolute Gasteiger partial charge is 0.494 e. The van der Waals surface area contributed by atoms with E-state index in [0.29, 0.717) is 42.5 Å². The van der Waals surface area contributed by atoms with Crippen molar-refractivity contribution in [3.8, 4) is 5.75 Å². The molecule has 174 valence electrons. The second-order valence-corrected chi connectivity index (χ2v) is 9.16. The van der Waals surface area contributed by atoms with Crippen molar-refractivity contribution >= 4 is 44.1 Å². The molecule has 2 N–H and O–H groups in total. The summed E-state index contributed by atoms with van der Waals surface area (Å²) in [7, 11) is 1.62. The van der Waals surface area contributed by atoms with Gasteiger partial charge in [0.25, 0.3) is 5.91 Å². The Morgan fingerprint density at radius 2 is 1.97 bits per heavy atom. The molecule has 1 amide bonds. The predicted octanol–water partition coefficient (Wildman–Crippen LogP) is 2.75. The molecule has 0 spiro atoms. The van der Waals surface area contributed by atoms with Crippen molar-refractivity contribution in [2.24, 2.45) is 0 Å². The summed E-state index contributed by atoms with van der Waals surface area (Å²) in [6.07, 6.45) is 2.80. The first-order valence-corrected chi connectivity index (χ1v) is 11.9. The van der Waals surface area contributed by atoms with Crippen LogP contribution in [0, 0.1) is 0 Å². The number of morpholine rings is 1. The Kier molecular flexibility index (Phi) is 6.30. The van der Waals surface area contributed by atoms with Gasteiger partial charge in [0.1, 0.15) is 17.1 Å². The Bertz CT molecular complexity index is 1140. The van der Waals surface area contributed by atoms with Gasteiger partial charge < -0.3 is 24.4 Å². The molecule has 3 aromatic rings. The van der Waals surface area contributed by atoms with Crippen LogP contribution < -0.4 is 19.9 Å². The molecule has 4 heterocycles. The summed E-state index contributed by atoms with van der Waals surface area (Å²) in [5.41, 5.74) is 2.33. The third kappa shape index (κ3) is 4.59. The Labute approximate surface area is 196 Å². The zero-order chi connectivity index (χ0) is 22.8. The van der Waals surface area contributed by atoms with Gasteiger partial charge in [-0.1, -0.05) is 11.3 Å². The average molecular weight is 470 g/mol. The van der Waals surface area contributed by atoms with Gasteiger partial charge in [-0.25, -0.2) is 9.97 Å². The van der Waals surface area contributed by atoms with E-state index in [4.69, 9.17) is 9.47 Å². The summed E-state index contributed by atoms with van der Waals surface area (Å²) in [6.45, 7) is 4.46. The zero-order valence-electron chi connectivity index (χ0n) is 18.5. The van der Waals surface area contributed by atoms with Crippen LogP contribution in [0.5, 0.6) is 5.75 Å². The van der Waals surface area contributed by atoms with Gasteiger partial charge in [-0.3, -0.25) is 10.1 Å². The number of pyridine rings is 1. The summed E-state index contributed by atoms with van der Waals surface area (Å²) >= 11 is 1.44. The summed E-state index contributed by atoms with van der Waals surface area (Å²) < 4.78 is 12.0. The van der Waals surface area contributed by atoms with Crippen molar-refractivity contribution in [2.45, 2.75) is 18.9 Å². The summed E-state index contributed by atoms with van der Waals surface area (Å²) in [5.74, 6) is 1.19. The first-order chi connectivity index (χ1) is 16.1. The number of carbonyl (C=O) groups is 1. The van der Waals surface area contributed by atoms with Gasteiger partial charge in [0.05, 0.1) is 36.8 Å². The molecule has 9 nitrogen and oxygen atoms in total. The third-order valence-electron chi connectivity index (χ3n) is 6.07. The van der Waals surface area contributed by atoms with E-state index >= 15 is 0 Å². The number of aliphatic hydroxyl groups is 1. The van der Waals surface area contributed by atoms with Gasteiger partial charge >= 0.3 is 0 Å². The average Bonchev–Trinajstić information content (AvgIpc) is 3.28. The highest BCUT2D eigenvalue weighted by molar-refractivity contribution is 7.23. The number of hydrogen-bond acceptors (Lipinski definition) is 9. The van der Waals surface area contributed by atoms with E-state index in [0.717, 1.165) is 47.9 Å². The molecular weight excluding hydrogens is 442 g/mol. The molecule has 2 fully saturated rings. The Hall–Kier alpha value is -2.95. The van der Waals surface area contributed by atoms with Gasteiger partial charge in [0.15, 0.2) is 5.13 Å². The van der Waals surface area contributed by atoms with Gasteiger partial charge in [0, 0.05) is 37.9 Å². The number of rotatable bonds is 5. The number of nitrogens with zero attached hydrogens (tertiary/aromatic N) is 4. The summed E-state index contributed by atoms with van der Waals surface area (Å²) in [5, 5.41) is 13.2. The molecule has 2 aliphatic rings. The number of fused-ring (bicyclic) bond motifs is 1. The maximum Gasteiger partial charge on any atom is 0.257 e. The quantitative estimate of drug-likeness (QED) is 0.589. The van der Waals surface area contributed by atoms with E-state index in [1.165, 1.54) is 11.3 Å². The van der Waals surface area contributed by atoms with Crippen LogP contribution in [0.4, 0.5) is 16.6 Å². The molecule has 0 bridgehead atoms. The zero-order valence-corrected chi connectivity index (χ0v) is 19.3. The van der Waals surface area contributed by atoms with Crippen molar-refractivity contribution in [2.75, 3.05) is 61.6 Å². The molecule has 0 atom stereocenters. The molecule has 0 saturated carbocycles. The number of aliphatic hydroxyl groups excluding tert-OH is 1. The summed E-state index contributed by atoms with van der Waals surface area (Å²) in [6, 6.07) is 7.45. The van der Waals surface area contributed by atoms with Gasteiger partial charge in [-0.2, -0.15) is 0 Å². The lowest BCUT2D eigenvalue weighted by molar-refractivity contribution is 0.102. The number of amides is 1. The molecular formula is C23H27N5O4S. The van der Waals surface area contributed by atoms with E-state index in [1.807, 2.05) is 12.1 Å². The minimum absolute atomic E-state index is 0.235. The molecule has 0 unspecified atom stereocenters. The Morgan fingerprint density at radius 3 is 2.73 bits per heavy atom. The third-order valence-corrected chi connectivity index (χ3v) is 7.07. The molecule has 2 saturated heterocycles. The topological polar surface area (TPSA) is 100 Å². The van der Waals surface area contributed by atoms with Crippen LogP contribution in [0.15, 0.2) is 30.5 Å². The fourth-order valence-corrected chi connectivity index (χ4v) is 5.26. The second-order valence-electron chi connectivity index (χ2n) is 8.16. The fraction of sp³-hybridized carbons (Fsp3) is 0.435. The van der Waals surface area contributed by atoms with Gasteiger partial charge in [-0.15, -0.1) is 0 Å². The number of anilines is 3. The number of nitrogens with one attached hydrogen (secondary N) is 1. The van der Waals surface area contributed by atoms with Crippen LogP contribution in [-0.4, -0.2) is 73.6 Å². The molecule has 0 aliphatic carbocycles. The SMILES string of the molecule is COc1ccc(N2CCOCC2)c2sc(NC(=O)c3ccnc(N4CCC(O)CC4)c3)nc12. The normalized spacial score (nSPS) is 17.4. The minimum atomic E-state index is -0.258. The maximum atomic E-state index is 13.0. The Morgan fingerprint density at radius 1 is 1.18 bits per heavy atom. The highest BCUT2D eigenvalue weighted by Gasteiger charge is 2.22. The smallest absolute Gasteiger partial charge is 0.257 e. The van der Waals surface area contributed by atoms with Crippen LogP contribution in [0.25, 0.3) is 10.2 Å². The second kappa shape index (κ2) is 9.50. The highest BCUT2D eigenvalue weighted by Crippen LogP contribution is 2.39. The van der Waals surface area contributed by atoms with Crippen molar-refractivity contribution in [3.63, 3.8) is 0 Å². The van der Waals surface area contributed by atoms with Crippen LogP contribution in [-0.2, 0) is 4.74 Å². The number of piperidine rings is 1. The molecule has 0 radical (unpaired) electrons. The lowest BCUT2D eigenvalue weighted by atomic mass is 10.1. The molecule has 1 aromatic carbocycles. The lowest BCUT2D eigenvalue weighted by Crippen LogP contribution is -2.36. The van der Waals surface area contributed by atoms with Crippen LogP contribution in [0.3, 0.4) is 0 Å². The molecule has 2 aliphatic heterocycles. The van der Waals surface area contributed by atoms with E-state index in [-0.39, 0.29) is 12.0 Å².